The third-order valence-corrected chi connectivity index (χ3v) is 9.68. The first-order valence-corrected chi connectivity index (χ1v) is 18.6. The maximum absolute atomic E-state index is 9.70. The summed E-state index contributed by atoms with van der Waals surface area (Å²) in [7, 11) is 3.34. The van der Waals surface area contributed by atoms with Crippen molar-refractivity contribution in [3.63, 3.8) is 0 Å². The zero-order valence-corrected chi connectivity index (χ0v) is 33.2. The van der Waals surface area contributed by atoms with E-state index in [0.717, 1.165) is 88.8 Å². The number of carbonyl (C=O) groups excluding carboxylic acids is 4. The average Bonchev–Trinajstić information content (AvgIpc) is 3.69. The Kier molecular flexibility index (Phi) is 13.5. The minimum absolute atomic E-state index is 0.250. The maximum atomic E-state index is 9.70. The van der Waals surface area contributed by atoms with Crippen LogP contribution in [0.3, 0.4) is 0 Å². The van der Waals surface area contributed by atoms with E-state index in [-0.39, 0.29) is 12.3 Å². The number of anilines is 1. The predicted octanol–water partition coefficient (Wildman–Crippen LogP) is 9.63. The molecule has 0 radical (unpaired) electrons. The largest absolute Gasteiger partial charge is 0.497 e. The van der Waals surface area contributed by atoms with Crippen molar-refractivity contribution in [3.8, 4) is 62.6 Å². The second kappa shape index (κ2) is 19.6. The van der Waals surface area contributed by atoms with E-state index in [1.807, 2.05) is 122 Å². The van der Waals surface area contributed by atoms with Gasteiger partial charge in [-0.25, -0.2) is 9.97 Å². The molecule has 0 spiro atoms. The lowest BCUT2D eigenvalue weighted by Crippen LogP contribution is -1.96. The van der Waals surface area contributed by atoms with Crippen LogP contribution in [0.2, 0.25) is 0 Å². The van der Waals surface area contributed by atoms with Gasteiger partial charge < -0.3 is 15.2 Å². The fourth-order valence-electron chi connectivity index (χ4n) is 6.81. The van der Waals surface area contributed by atoms with Gasteiger partial charge in [0.15, 0.2) is 5.82 Å². The van der Waals surface area contributed by atoms with Gasteiger partial charge in [-0.2, -0.15) is 29.5 Å². The summed E-state index contributed by atoms with van der Waals surface area (Å²) in [6.45, 7) is 1.96. The molecule has 0 unspecified atom stereocenters. The van der Waals surface area contributed by atoms with Gasteiger partial charge in [0.1, 0.15) is 17.6 Å². The number of pyridine rings is 2. The highest BCUT2D eigenvalue weighted by atomic mass is 16.5. The SMILES string of the molecule is COc1ccc2cc(-c3nc(-c4ccccc4)cc(C)c3C#N)ccc2c1.COc1ccc2cc(-c3nc(-c4ccccc4)cc4[nH]nc(N)c34)ccc2c1.O=C=O.O=C=O. The minimum atomic E-state index is 0.250. The van der Waals surface area contributed by atoms with Gasteiger partial charge in [-0.05, 0) is 82.6 Å². The standard InChI is InChI=1S/C24H18N2O.C23H18N4O.2CO2/c1-16-12-23(17-6-4-3-5-7-17)26-24(22(16)15-25)20-9-8-19-14-21(27-2)11-10-18(19)13-20;1-28-18-10-9-15-11-17(8-7-16(15)12-18)22-21-20(26-27-23(21)24)13-19(25-22)14-5-3-2-4-6-14;2*2-1-3/h3-14H,1-2H3;2-13H,1H3,(H3,24,26,27);;. The number of nitrogens with zero attached hydrogens (tertiary/aromatic N) is 4. The van der Waals surface area contributed by atoms with Crippen molar-refractivity contribution in [2.24, 2.45) is 0 Å². The zero-order valence-electron chi connectivity index (χ0n) is 33.2. The zero-order chi connectivity index (χ0) is 43.3. The number of rotatable bonds is 6. The number of nitrogen functional groups attached to an aromatic ring is 1. The Balaban J connectivity index is 0.000000181. The molecule has 6 aromatic carbocycles. The molecule has 0 fully saturated rings. The highest BCUT2D eigenvalue weighted by Crippen LogP contribution is 2.36. The summed E-state index contributed by atoms with van der Waals surface area (Å²) in [6, 6.07) is 50.8. The summed E-state index contributed by atoms with van der Waals surface area (Å²) in [5.41, 5.74) is 15.9. The van der Waals surface area contributed by atoms with E-state index >= 15 is 0 Å². The summed E-state index contributed by atoms with van der Waals surface area (Å²) in [5.74, 6) is 2.12. The first-order chi connectivity index (χ1) is 29.7. The van der Waals surface area contributed by atoms with E-state index < -0.39 is 0 Å². The van der Waals surface area contributed by atoms with Crippen LogP contribution in [0.5, 0.6) is 11.5 Å². The molecule has 0 saturated heterocycles. The number of aromatic amines is 1. The van der Waals surface area contributed by atoms with Gasteiger partial charge in [-0.15, -0.1) is 0 Å². The van der Waals surface area contributed by atoms with Crippen molar-refractivity contribution in [1.29, 1.82) is 5.26 Å². The fourth-order valence-corrected chi connectivity index (χ4v) is 6.81. The lowest BCUT2D eigenvalue weighted by Gasteiger charge is -2.11. The minimum Gasteiger partial charge on any atom is -0.497 e. The topological polar surface area (TPSA) is 191 Å². The second-order valence-corrected chi connectivity index (χ2v) is 13.3. The number of hydrogen-bond donors (Lipinski definition) is 2. The van der Waals surface area contributed by atoms with E-state index in [0.29, 0.717) is 17.1 Å². The van der Waals surface area contributed by atoms with Crippen LogP contribution in [0, 0.1) is 18.3 Å². The van der Waals surface area contributed by atoms with Crippen molar-refractivity contribution in [3.05, 3.63) is 157 Å². The van der Waals surface area contributed by atoms with Crippen LogP contribution >= 0.6 is 0 Å². The van der Waals surface area contributed by atoms with E-state index in [1.165, 1.54) is 0 Å². The summed E-state index contributed by atoms with van der Waals surface area (Å²) in [6.07, 6.45) is 0.500. The molecule has 3 heterocycles. The Morgan fingerprint density at radius 2 is 1.00 bits per heavy atom. The molecule has 9 aromatic rings. The predicted molar refractivity (Wildman–Crippen MR) is 232 cm³/mol. The number of benzene rings is 6. The number of aromatic nitrogens is 4. The van der Waals surface area contributed by atoms with Crippen molar-refractivity contribution in [2.75, 3.05) is 20.0 Å². The van der Waals surface area contributed by atoms with Gasteiger partial charge in [0, 0.05) is 22.3 Å². The molecule has 9 rings (SSSR count). The molecule has 0 aliphatic rings. The molecule has 0 aliphatic heterocycles. The molecule has 0 amide bonds. The Bertz CT molecular complexity index is 3080. The van der Waals surface area contributed by atoms with Crippen molar-refractivity contribution >= 4 is 50.6 Å². The van der Waals surface area contributed by atoms with Gasteiger partial charge in [0.05, 0.1) is 53.5 Å². The van der Waals surface area contributed by atoms with E-state index in [2.05, 4.69) is 46.6 Å². The smallest absolute Gasteiger partial charge is 0.373 e. The lowest BCUT2D eigenvalue weighted by atomic mass is 9.98. The molecule has 3 N–H and O–H groups in total. The second-order valence-electron chi connectivity index (χ2n) is 13.3. The van der Waals surface area contributed by atoms with Gasteiger partial charge in [0.25, 0.3) is 0 Å². The molecule has 12 nitrogen and oxygen atoms in total. The van der Waals surface area contributed by atoms with Gasteiger partial charge >= 0.3 is 12.3 Å². The molecule has 298 valence electrons. The summed E-state index contributed by atoms with van der Waals surface area (Å²) in [4.78, 5) is 42.3. The number of nitriles is 1. The first-order valence-electron chi connectivity index (χ1n) is 18.6. The molecule has 12 heteroatoms. The summed E-state index contributed by atoms with van der Waals surface area (Å²) >= 11 is 0. The third kappa shape index (κ3) is 9.53. The van der Waals surface area contributed by atoms with E-state index in [1.54, 1.807) is 14.2 Å². The number of nitrogens with two attached hydrogens (primary N) is 1. The Morgan fingerprint density at radius 3 is 1.49 bits per heavy atom. The molecule has 0 aliphatic carbocycles. The van der Waals surface area contributed by atoms with E-state index in [9.17, 15) is 5.26 Å². The number of fused-ring (bicyclic) bond motifs is 3. The van der Waals surface area contributed by atoms with Crippen molar-refractivity contribution < 1.29 is 28.7 Å². The highest BCUT2D eigenvalue weighted by molar-refractivity contribution is 6.03. The highest BCUT2D eigenvalue weighted by Gasteiger charge is 2.16. The Morgan fingerprint density at radius 1 is 0.557 bits per heavy atom. The third-order valence-electron chi connectivity index (χ3n) is 9.68. The molecular weight excluding hydrogens is 769 g/mol. The number of aryl methyl sites for hydroxylation is 1. The molecule has 0 saturated carbocycles. The van der Waals surface area contributed by atoms with Crippen molar-refractivity contribution in [2.45, 2.75) is 6.92 Å². The van der Waals surface area contributed by atoms with Crippen LogP contribution in [-0.2, 0) is 19.2 Å². The van der Waals surface area contributed by atoms with Crippen LogP contribution in [-0.4, -0.2) is 46.7 Å². The lowest BCUT2D eigenvalue weighted by molar-refractivity contribution is -0.193. The van der Waals surface area contributed by atoms with Gasteiger partial charge in [-0.1, -0.05) is 97.1 Å². The normalized spacial score (nSPS) is 10.1. The summed E-state index contributed by atoms with van der Waals surface area (Å²) in [5, 5.41) is 22.2. The Labute approximate surface area is 349 Å². The fraction of sp³-hybridized carbons (Fsp3) is 0.0612. The van der Waals surface area contributed by atoms with Crippen molar-refractivity contribution in [1.82, 2.24) is 20.2 Å². The first kappa shape index (κ1) is 41.9. The number of H-pyrrole nitrogens is 1. The van der Waals surface area contributed by atoms with Crippen LogP contribution in [0.1, 0.15) is 11.1 Å². The summed E-state index contributed by atoms with van der Waals surface area (Å²) < 4.78 is 10.6. The number of hydrogen-bond acceptors (Lipinski definition) is 11. The number of methoxy groups -OCH3 is 2. The van der Waals surface area contributed by atoms with Crippen LogP contribution < -0.4 is 15.2 Å². The van der Waals surface area contributed by atoms with E-state index in [4.69, 9.17) is 44.4 Å². The van der Waals surface area contributed by atoms with Crippen LogP contribution in [0.25, 0.3) is 77.5 Å². The molecule has 0 atom stereocenters. The number of nitrogens with one attached hydrogen (secondary N) is 1. The van der Waals surface area contributed by atoms with Gasteiger partial charge in [-0.3, -0.25) is 5.10 Å². The number of ether oxygens (including phenoxy) is 2. The Hall–Kier alpha value is -8.74. The van der Waals surface area contributed by atoms with Gasteiger partial charge in [0.2, 0.25) is 0 Å². The molecule has 0 bridgehead atoms. The molecule has 61 heavy (non-hydrogen) atoms. The quantitative estimate of drug-likeness (QED) is 0.163. The average molecular weight is 805 g/mol. The van der Waals surface area contributed by atoms with Crippen LogP contribution in [0.4, 0.5) is 5.82 Å². The molecular formula is C49H36N6O6. The molecule has 3 aromatic heterocycles. The monoisotopic (exact) mass is 804 g/mol. The van der Waals surface area contributed by atoms with Crippen LogP contribution in [0.15, 0.2) is 146 Å². The maximum Gasteiger partial charge on any atom is 0.373 e.